The monoisotopic (exact) mass is 240 g/mol. The Labute approximate surface area is 109 Å². The zero-order valence-electron chi connectivity index (χ0n) is 10.6. The van der Waals surface area contributed by atoms with E-state index < -0.39 is 0 Å². The Morgan fingerprint density at radius 1 is 0.889 bits per heavy atom. The van der Waals surface area contributed by atoms with Crippen LogP contribution in [-0.2, 0) is 13.0 Å². The highest BCUT2D eigenvalue weighted by Gasteiger charge is 1.95. The standard InChI is InChI=1S/C16H20N2/c17-16-10-4-8-14(12-16)9-5-11-18-13-15-6-2-1-3-7-15/h1-4,6-8,10,12,18H,5,9,11,13,17H2. The lowest BCUT2D eigenvalue weighted by atomic mass is 10.1. The predicted octanol–water partition coefficient (Wildman–Crippen LogP) is 2.99. The highest BCUT2D eigenvalue weighted by molar-refractivity contribution is 5.40. The summed E-state index contributed by atoms with van der Waals surface area (Å²) in [6.07, 6.45) is 2.21. The van der Waals surface area contributed by atoms with Crippen LogP contribution in [-0.4, -0.2) is 6.54 Å². The molecule has 0 atom stereocenters. The van der Waals surface area contributed by atoms with Gasteiger partial charge in [0, 0.05) is 12.2 Å². The summed E-state index contributed by atoms with van der Waals surface area (Å²) in [7, 11) is 0. The lowest BCUT2D eigenvalue weighted by Gasteiger charge is -2.05. The molecule has 0 radical (unpaired) electrons. The molecule has 0 unspecified atom stereocenters. The number of hydrogen-bond acceptors (Lipinski definition) is 2. The summed E-state index contributed by atoms with van der Waals surface area (Å²) >= 11 is 0. The zero-order valence-corrected chi connectivity index (χ0v) is 10.6. The van der Waals surface area contributed by atoms with Gasteiger partial charge in [0.2, 0.25) is 0 Å². The smallest absolute Gasteiger partial charge is 0.0316 e. The van der Waals surface area contributed by atoms with Crippen molar-refractivity contribution in [3.05, 3.63) is 65.7 Å². The molecule has 18 heavy (non-hydrogen) atoms. The van der Waals surface area contributed by atoms with Crippen LogP contribution < -0.4 is 11.1 Å². The van der Waals surface area contributed by atoms with Gasteiger partial charge in [-0.1, -0.05) is 42.5 Å². The third kappa shape index (κ3) is 4.22. The number of aryl methyl sites for hydroxylation is 1. The van der Waals surface area contributed by atoms with Crippen LogP contribution in [0.25, 0.3) is 0 Å². The largest absolute Gasteiger partial charge is 0.399 e. The molecular formula is C16H20N2. The van der Waals surface area contributed by atoms with Gasteiger partial charge in [-0.2, -0.15) is 0 Å². The van der Waals surface area contributed by atoms with Crippen molar-refractivity contribution in [1.29, 1.82) is 0 Å². The topological polar surface area (TPSA) is 38.0 Å². The summed E-state index contributed by atoms with van der Waals surface area (Å²) < 4.78 is 0. The molecule has 0 saturated carbocycles. The summed E-state index contributed by atoms with van der Waals surface area (Å²) in [5.41, 5.74) is 9.25. The van der Waals surface area contributed by atoms with Crippen molar-refractivity contribution in [1.82, 2.24) is 5.32 Å². The number of nitrogens with one attached hydrogen (secondary N) is 1. The fourth-order valence-electron chi connectivity index (χ4n) is 1.99. The van der Waals surface area contributed by atoms with Crippen molar-refractivity contribution in [2.24, 2.45) is 0 Å². The fraction of sp³-hybridized carbons (Fsp3) is 0.250. The Hall–Kier alpha value is -1.80. The van der Waals surface area contributed by atoms with Gasteiger partial charge in [0.1, 0.15) is 0 Å². The van der Waals surface area contributed by atoms with Crippen molar-refractivity contribution in [3.63, 3.8) is 0 Å². The van der Waals surface area contributed by atoms with E-state index in [1.165, 1.54) is 11.1 Å². The van der Waals surface area contributed by atoms with Crippen LogP contribution in [0.4, 0.5) is 5.69 Å². The van der Waals surface area contributed by atoms with Gasteiger partial charge in [-0.25, -0.2) is 0 Å². The van der Waals surface area contributed by atoms with E-state index in [9.17, 15) is 0 Å². The average molecular weight is 240 g/mol. The fourth-order valence-corrected chi connectivity index (χ4v) is 1.99. The first kappa shape index (κ1) is 12.7. The molecule has 0 bridgehead atoms. The summed E-state index contributed by atoms with van der Waals surface area (Å²) in [4.78, 5) is 0. The third-order valence-corrected chi connectivity index (χ3v) is 2.94. The van der Waals surface area contributed by atoms with Crippen molar-refractivity contribution in [2.75, 3.05) is 12.3 Å². The van der Waals surface area contributed by atoms with Gasteiger partial charge in [-0.3, -0.25) is 0 Å². The minimum absolute atomic E-state index is 0.852. The summed E-state index contributed by atoms with van der Waals surface area (Å²) in [6.45, 7) is 1.97. The second-order valence-electron chi connectivity index (χ2n) is 4.51. The Bertz CT molecular complexity index is 466. The maximum atomic E-state index is 5.75. The summed E-state index contributed by atoms with van der Waals surface area (Å²) in [6, 6.07) is 18.6. The molecule has 2 heteroatoms. The second-order valence-corrected chi connectivity index (χ2v) is 4.51. The second kappa shape index (κ2) is 6.82. The van der Waals surface area contributed by atoms with Gasteiger partial charge in [0.15, 0.2) is 0 Å². The van der Waals surface area contributed by atoms with Gasteiger partial charge in [-0.05, 0) is 42.6 Å². The van der Waals surface area contributed by atoms with E-state index in [1.54, 1.807) is 0 Å². The molecule has 0 aliphatic carbocycles. The normalized spacial score (nSPS) is 10.4. The molecule has 0 heterocycles. The summed E-state index contributed by atoms with van der Waals surface area (Å²) in [5, 5.41) is 3.46. The SMILES string of the molecule is Nc1cccc(CCCNCc2ccccc2)c1. The molecule has 0 aromatic heterocycles. The van der Waals surface area contributed by atoms with Crippen LogP contribution in [0.2, 0.25) is 0 Å². The molecule has 2 rings (SSSR count). The van der Waals surface area contributed by atoms with E-state index in [4.69, 9.17) is 5.73 Å². The van der Waals surface area contributed by atoms with Crippen molar-refractivity contribution in [2.45, 2.75) is 19.4 Å². The molecular weight excluding hydrogens is 220 g/mol. The number of anilines is 1. The molecule has 0 spiro atoms. The molecule has 3 N–H and O–H groups in total. The molecule has 2 nitrogen and oxygen atoms in total. The van der Waals surface area contributed by atoms with E-state index >= 15 is 0 Å². The molecule has 0 aliphatic heterocycles. The van der Waals surface area contributed by atoms with Gasteiger partial charge >= 0.3 is 0 Å². The van der Waals surface area contributed by atoms with Crippen LogP contribution in [0.15, 0.2) is 54.6 Å². The molecule has 0 aliphatic rings. The lowest BCUT2D eigenvalue weighted by molar-refractivity contribution is 0.649. The quantitative estimate of drug-likeness (QED) is 0.601. The van der Waals surface area contributed by atoms with E-state index in [2.05, 4.69) is 41.7 Å². The maximum absolute atomic E-state index is 5.75. The third-order valence-electron chi connectivity index (χ3n) is 2.94. The van der Waals surface area contributed by atoms with Crippen LogP contribution in [0.5, 0.6) is 0 Å². The van der Waals surface area contributed by atoms with E-state index in [1.807, 2.05) is 18.2 Å². The number of hydrogen-bond donors (Lipinski definition) is 2. The first-order valence-corrected chi connectivity index (χ1v) is 6.43. The minimum atomic E-state index is 0.852. The molecule has 2 aromatic carbocycles. The van der Waals surface area contributed by atoms with E-state index in [0.29, 0.717) is 0 Å². The highest BCUT2D eigenvalue weighted by atomic mass is 14.8. The van der Waals surface area contributed by atoms with Crippen LogP contribution in [0.1, 0.15) is 17.5 Å². The molecule has 0 fully saturated rings. The number of nitrogens with two attached hydrogens (primary N) is 1. The Morgan fingerprint density at radius 3 is 2.44 bits per heavy atom. The number of rotatable bonds is 6. The van der Waals surface area contributed by atoms with Gasteiger partial charge < -0.3 is 11.1 Å². The Morgan fingerprint density at radius 2 is 1.67 bits per heavy atom. The van der Waals surface area contributed by atoms with E-state index in [0.717, 1.165) is 31.6 Å². The minimum Gasteiger partial charge on any atom is -0.399 e. The number of nitrogen functional groups attached to an aromatic ring is 1. The highest BCUT2D eigenvalue weighted by Crippen LogP contribution is 2.08. The van der Waals surface area contributed by atoms with Gasteiger partial charge in [0.25, 0.3) is 0 Å². The molecule has 0 saturated heterocycles. The first-order valence-electron chi connectivity index (χ1n) is 6.43. The molecule has 94 valence electrons. The summed E-state index contributed by atoms with van der Waals surface area (Å²) in [5.74, 6) is 0. The Balaban J connectivity index is 1.65. The zero-order chi connectivity index (χ0) is 12.6. The van der Waals surface area contributed by atoms with E-state index in [-0.39, 0.29) is 0 Å². The average Bonchev–Trinajstić information content (AvgIpc) is 2.40. The predicted molar refractivity (Wildman–Crippen MR) is 77.3 cm³/mol. The van der Waals surface area contributed by atoms with Crippen LogP contribution >= 0.6 is 0 Å². The number of benzene rings is 2. The Kier molecular flexibility index (Phi) is 4.79. The van der Waals surface area contributed by atoms with Crippen LogP contribution in [0, 0.1) is 0 Å². The van der Waals surface area contributed by atoms with Crippen LogP contribution in [0.3, 0.4) is 0 Å². The lowest BCUT2D eigenvalue weighted by Crippen LogP contribution is -2.15. The van der Waals surface area contributed by atoms with Crippen molar-refractivity contribution < 1.29 is 0 Å². The van der Waals surface area contributed by atoms with Gasteiger partial charge in [-0.15, -0.1) is 0 Å². The first-order chi connectivity index (χ1) is 8.84. The molecule has 0 amide bonds. The molecule has 2 aromatic rings. The van der Waals surface area contributed by atoms with Crippen molar-refractivity contribution in [3.8, 4) is 0 Å². The van der Waals surface area contributed by atoms with Gasteiger partial charge in [0.05, 0.1) is 0 Å². The van der Waals surface area contributed by atoms with Crippen molar-refractivity contribution >= 4 is 5.69 Å². The maximum Gasteiger partial charge on any atom is 0.0316 e.